The molecule has 106 valence electrons. The first-order valence-corrected chi connectivity index (χ1v) is 5.78. The van der Waals surface area contributed by atoms with E-state index in [-0.39, 0.29) is 6.61 Å². The maximum absolute atomic E-state index is 12.1. The van der Waals surface area contributed by atoms with Crippen LogP contribution in [-0.4, -0.2) is 30.7 Å². The van der Waals surface area contributed by atoms with Gasteiger partial charge >= 0.3 is 18.1 Å². The van der Waals surface area contributed by atoms with E-state index in [0.29, 0.717) is 12.8 Å². The summed E-state index contributed by atoms with van der Waals surface area (Å²) in [6, 6.07) is -1.27. The van der Waals surface area contributed by atoms with Crippen molar-refractivity contribution < 1.29 is 27.5 Å². The lowest BCUT2D eigenvalue weighted by Crippen LogP contribution is -2.50. The minimum absolute atomic E-state index is 0.119. The molecule has 0 aliphatic heterocycles. The molecule has 0 spiro atoms. The highest BCUT2D eigenvalue weighted by atomic mass is 19.4. The maximum atomic E-state index is 12.1. The van der Waals surface area contributed by atoms with Crippen molar-refractivity contribution in [1.29, 1.82) is 0 Å². The first-order valence-electron chi connectivity index (χ1n) is 5.78. The Kier molecular flexibility index (Phi) is 6.72. The standard InChI is InChI=1S/C11H18F3NO3/c1-4-6-18-9(16)8(7(3)5-2)15-10(17)11(12,13)14/h7-8H,4-6H2,1-3H3,(H,15,17). The first kappa shape index (κ1) is 16.7. The lowest BCUT2D eigenvalue weighted by Gasteiger charge is -2.23. The molecule has 7 heteroatoms. The number of rotatable bonds is 6. The van der Waals surface area contributed by atoms with Crippen molar-refractivity contribution in [2.75, 3.05) is 6.61 Å². The number of hydrogen-bond acceptors (Lipinski definition) is 3. The second-order valence-corrected chi connectivity index (χ2v) is 4.00. The van der Waals surface area contributed by atoms with Crippen LogP contribution in [0.15, 0.2) is 0 Å². The van der Waals surface area contributed by atoms with Gasteiger partial charge in [0.1, 0.15) is 6.04 Å². The van der Waals surface area contributed by atoms with Gasteiger partial charge in [-0.15, -0.1) is 0 Å². The number of nitrogens with one attached hydrogen (secondary N) is 1. The van der Waals surface area contributed by atoms with Crippen molar-refractivity contribution in [2.24, 2.45) is 5.92 Å². The van der Waals surface area contributed by atoms with Gasteiger partial charge in [-0.2, -0.15) is 13.2 Å². The van der Waals surface area contributed by atoms with Crippen LogP contribution in [0, 0.1) is 5.92 Å². The molecule has 0 fully saturated rings. The Bertz CT molecular complexity index is 292. The van der Waals surface area contributed by atoms with Crippen molar-refractivity contribution in [2.45, 2.75) is 45.8 Å². The number of carbonyl (C=O) groups excluding carboxylic acids is 2. The second-order valence-electron chi connectivity index (χ2n) is 4.00. The molecule has 0 heterocycles. The summed E-state index contributed by atoms with van der Waals surface area (Å²) in [7, 11) is 0. The summed E-state index contributed by atoms with van der Waals surface area (Å²) in [5.41, 5.74) is 0. The maximum Gasteiger partial charge on any atom is 0.471 e. The average Bonchev–Trinajstić information content (AvgIpc) is 2.30. The van der Waals surface area contributed by atoms with Crippen LogP contribution < -0.4 is 5.32 Å². The third-order valence-corrected chi connectivity index (χ3v) is 2.46. The molecule has 0 aliphatic carbocycles. The van der Waals surface area contributed by atoms with Gasteiger partial charge in [-0.05, 0) is 12.3 Å². The lowest BCUT2D eigenvalue weighted by molar-refractivity contribution is -0.176. The van der Waals surface area contributed by atoms with Gasteiger partial charge in [0, 0.05) is 0 Å². The van der Waals surface area contributed by atoms with Gasteiger partial charge < -0.3 is 10.1 Å². The Hall–Kier alpha value is -1.27. The quantitative estimate of drug-likeness (QED) is 0.751. The SMILES string of the molecule is CCCOC(=O)C(NC(=O)C(F)(F)F)C(C)CC. The minimum Gasteiger partial charge on any atom is -0.464 e. The summed E-state index contributed by atoms with van der Waals surface area (Å²) in [5, 5.41) is 1.68. The summed E-state index contributed by atoms with van der Waals surface area (Å²) in [6.07, 6.45) is -3.99. The molecule has 0 saturated carbocycles. The van der Waals surface area contributed by atoms with Crippen LogP contribution in [-0.2, 0) is 14.3 Å². The third-order valence-electron chi connectivity index (χ3n) is 2.46. The summed E-state index contributed by atoms with van der Waals surface area (Å²) in [4.78, 5) is 22.4. The van der Waals surface area contributed by atoms with Gasteiger partial charge in [0.05, 0.1) is 6.61 Å². The number of carbonyl (C=O) groups is 2. The molecule has 0 bridgehead atoms. The number of ether oxygens (including phenoxy) is 1. The normalized spacial score (nSPS) is 14.8. The lowest BCUT2D eigenvalue weighted by atomic mass is 9.99. The van der Waals surface area contributed by atoms with Gasteiger partial charge in [-0.3, -0.25) is 4.79 Å². The molecular weight excluding hydrogens is 251 g/mol. The van der Waals surface area contributed by atoms with Crippen molar-refractivity contribution in [1.82, 2.24) is 5.32 Å². The second kappa shape index (κ2) is 7.23. The van der Waals surface area contributed by atoms with Crippen molar-refractivity contribution in [3.05, 3.63) is 0 Å². The first-order chi connectivity index (χ1) is 8.23. The highest BCUT2D eigenvalue weighted by Crippen LogP contribution is 2.17. The highest BCUT2D eigenvalue weighted by Gasteiger charge is 2.42. The molecular formula is C11H18F3NO3. The molecule has 0 rings (SSSR count). The van der Waals surface area contributed by atoms with E-state index in [2.05, 4.69) is 0 Å². The summed E-state index contributed by atoms with van der Waals surface area (Å²) >= 11 is 0. The predicted molar refractivity (Wildman–Crippen MR) is 58.7 cm³/mol. The van der Waals surface area contributed by atoms with Crippen LogP contribution in [0.1, 0.15) is 33.6 Å². The number of amides is 1. The van der Waals surface area contributed by atoms with E-state index in [0.717, 1.165) is 0 Å². The van der Waals surface area contributed by atoms with Crippen LogP contribution in [0.2, 0.25) is 0 Å². The average molecular weight is 269 g/mol. The van der Waals surface area contributed by atoms with Gasteiger partial charge in [-0.1, -0.05) is 27.2 Å². The Balaban J connectivity index is 4.69. The van der Waals surface area contributed by atoms with Gasteiger partial charge in [0.25, 0.3) is 0 Å². The van der Waals surface area contributed by atoms with E-state index in [1.165, 1.54) is 0 Å². The van der Waals surface area contributed by atoms with E-state index in [9.17, 15) is 22.8 Å². The smallest absolute Gasteiger partial charge is 0.464 e. The molecule has 1 amide bonds. The van der Waals surface area contributed by atoms with Crippen molar-refractivity contribution in [3.8, 4) is 0 Å². The Morgan fingerprint density at radius 2 is 1.83 bits per heavy atom. The van der Waals surface area contributed by atoms with Crippen LogP contribution in [0.25, 0.3) is 0 Å². The number of hydrogen-bond donors (Lipinski definition) is 1. The van der Waals surface area contributed by atoms with Crippen molar-refractivity contribution >= 4 is 11.9 Å². The van der Waals surface area contributed by atoms with Crippen LogP contribution in [0.5, 0.6) is 0 Å². The zero-order chi connectivity index (χ0) is 14.3. The molecule has 1 N–H and O–H groups in total. The number of halogens is 3. The molecule has 0 aromatic rings. The molecule has 18 heavy (non-hydrogen) atoms. The van der Waals surface area contributed by atoms with E-state index in [4.69, 9.17) is 4.74 Å². The van der Waals surface area contributed by atoms with Gasteiger partial charge in [0.2, 0.25) is 0 Å². The highest BCUT2D eigenvalue weighted by molar-refractivity contribution is 5.87. The molecule has 0 aliphatic rings. The zero-order valence-electron chi connectivity index (χ0n) is 10.6. The molecule has 0 aromatic carbocycles. The minimum atomic E-state index is -5.00. The van der Waals surface area contributed by atoms with E-state index in [1.807, 2.05) is 0 Å². The summed E-state index contributed by atoms with van der Waals surface area (Å²) in [5.74, 6) is -3.38. The Morgan fingerprint density at radius 3 is 2.22 bits per heavy atom. The van der Waals surface area contributed by atoms with Gasteiger partial charge in [0.15, 0.2) is 0 Å². The van der Waals surface area contributed by atoms with Crippen LogP contribution >= 0.6 is 0 Å². The molecule has 0 saturated heterocycles. The Morgan fingerprint density at radius 1 is 1.28 bits per heavy atom. The fraction of sp³-hybridized carbons (Fsp3) is 0.818. The Labute approximate surface area is 104 Å². The van der Waals surface area contributed by atoms with Crippen LogP contribution in [0.4, 0.5) is 13.2 Å². The van der Waals surface area contributed by atoms with Crippen molar-refractivity contribution in [3.63, 3.8) is 0 Å². The number of alkyl halides is 3. The summed E-state index contributed by atoms with van der Waals surface area (Å²) in [6.45, 7) is 5.17. The largest absolute Gasteiger partial charge is 0.471 e. The predicted octanol–water partition coefficient (Wildman–Crippen LogP) is 2.03. The third kappa shape index (κ3) is 5.37. The zero-order valence-corrected chi connectivity index (χ0v) is 10.6. The topological polar surface area (TPSA) is 55.4 Å². The molecule has 2 atom stereocenters. The van der Waals surface area contributed by atoms with E-state index >= 15 is 0 Å². The molecule has 0 aromatic heterocycles. The molecule has 2 unspecified atom stereocenters. The monoisotopic (exact) mass is 269 g/mol. The van der Waals surface area contributed by atoms with E-state index < -0.39 is 30.0 Å². The van der Waals surface area contributed by atoms with Gasteiger partial charge in [-0.25, -0.2) is 4.79 Å². The number of esters is 1. The van der Waals surface area contributed by atoms with E-state index in [1.54, 1.807) is 26.1 Å². The molecule has 0 radical (unpaired) electrons. The fourth-order valence-electron chi connectivity index (χ4n) is 1.18. The fourth-order valence-corrected chi connectivity index (χ4v) is 1.18. The molecule has 4 nitrogen and oxygen atoms in total. The van der Waals surface area contributed by atoms with Crippen LogP contribution in [0.3, 0.4) is 0 Å². The summed E-state index contributed by atoms with van der Waals surface area (Å²) < 4.78 is 41.2.